The summed E-state index contributed by atoms with van der Waals surface area (Å²) in [4.78, 5) is 29.3. The Hall–Kier alpha value is -4.67. The molecule has 1 aromatic heterocycles. The number of aromatic nitrogens is 2. The molecule has 2 heterocycles. The summed E-state index contributed by atoms with van der Waals surface area (Å²) >= 11 is 1.83. The van der Waals surface area contributed by atoms with Gasteiger partial charge in [0.25, 0.3) is 11.8 Å². The highest BCUT2D eigenvalue weighted by molar-refractivity contribution is 7.99. The van der Waals surface area contributed by atoms with Crippen molar-refractivity contribution in [1.29, 1.82) is 5.26 Å². The van der Waals surface area contributed by atoms with Gasteiger partial charge in [-0.05, 0) is 60.6 Å². The molecule has 5 rings (SSSR count). The standard InChI is InChI=1S/C34H30N4O2S/c1-3-4-19-41-29-17-15-26(16-18-29)32-27(23-38(36-32)28-13-9-6-10-14-28)20-30-24(2)31(21-35)34(40)37(33(30)39)22-25-11-7-5-8-12-25/h5-18,20,23H,3-4,19,22H2,1-2H3/b30-20+. The molecule has 7 heteroatoms. The fraction of sp³-hybridized carbons (Fsp3) is 0.176. The average Bonchev–Trinajstić information content (AvgIpc) is 3.43. The molecule has 4 aromatic rings. The number of thioether (sulfide) groups is 1. The summed E-state index contributed by atoms with van der Waals surface area (Å²) in [6.07, 6.45) is 5.97. The molecule has 0 N–H and O–H groups in total. The summed E-state index contributed by atoms with van der Waals surface area (Å²) in [5.41, 5.74) is 4.66. The van der Waals surface area contributed by atoms with E-state index in [1.165, 1.54) is 11.3 Å². The van der Waals surface area contributed by atoms with E-state index in [2.05, 4.69) is 19.1 Å². The van der Waals surface area contributed by atoms with Crippen LogP contribution in [0.3, 0.4) is 0 Å². The number of para-hydroxylation sites is 1. The first-order valence-corrected chi connectivity index (χ1v) is 14.6. The predicted molar refractivity (Wildman–Crippen MR) is 163 cm³/mol. The zero-order valence-electron chi connectivity index (χ0n) is 23.1. The van der Waals surface area contributed by atoms with Crippen LogP contribution in [-0.4, -0.2) is 32.2 Å². The van der Waals surface area contributed by atoms with Gasteiger partial charge in [-0.1, -0.05) is 74.0 Å². The van der Waals surface area contributed by atoms with Crippen LogP contribution in [0.1, 0.15) is 37.8 Å². The van der Waals surface area contributed by atoms with E-state index in [9.17, 15) is 14.9 Å². The number of carbonyl (C=O) groups excluding carboxylic acids is 2. The molecule has 0 radical (unpaired) electrons. The minimum absolute atomic E-state index is 0.0303. The minimum Gasteiger partial charge on any atom is -0.269 e. The Morgan fingerprint density at radius 3 is 2.27 bits per heavy atom. The second-order valence-corrected chi connectivity index (χ2v) is 11.0. The molecule has 0 saturated heterocycles. The third kappa shape index (κ3) is 6.08. The Bertz CT molecular complexity index is 1660. The van der Waals surface area contributed by atoms with Gasteiger partial charge in [0.1, 0.15) is 11.6 Å². The highest BCUT2D eigenvalue weighted by Gasteiger charge is 2.35. The van der Waals surface area contributed by atoms with E-state index < -0.39 is 11.8 Å². The van der Waals surface area contributed by atoms with Gasteiger partial charge < -0.3 is 0 Å². The van der Waals surface area contributed by atoms with E-state index in [1.54, 1.807) is 17.7 Å². The van der Waals surface area contributed by atoms with Crippen LogP contribution in [0.15, 0.2) is 113 Å². The van der Waals surface area contributed by atoms with E-state index >= 15 is 0 Å². The SMILES string of the molecule is CCCCSc1ccc(-c2nn(-c3ccccc3)cc2/C=C2/C(=O)N(Cc3ccccc3)C(=O)C(C#N)=C2C)cc1. The molecular weight excluding hydrogens is 528 g/mol. The van der Waals surface area contributed by atoms with E-state index in [-0.39, 0.29) is 12.1 Å². The molecule has 6 nitrogen and oxygen atoms in total. The molecule has 0 fully saturated rings. The average molecular weight is 559 g/mol. The second kappa shape index (κ2) is 12.7. The molecule has 0 unspecified atom stereocenters. The fourth-order valence-electron chi connectivity index (χ4n) is 4.67. The first kappa shape index (κ1) is 27.9. The van der Waals surface area contributed by atoms with Crippen molar-refractivity contribution in [3.8, 4) is 23.0 Å². The van der Waals surface area contributed by atoms with Crippen LogP contribution in [-0.2, 0) is 16.1 Å². The summed E-state index contributed by atoms with van der Waals surface area (Å²) in [7, 11) is 0. The van der Waals surface area contributed by atoms with Gasteiger partial charge in [0.15, 0.2) is 0 Å². The van der Waals surface area contributed by atoms with Gasteiger partial charge in [-0.25, -0.2) is 4.68 Å². The Kier molecular flexibility index (Phi) is 8.61. The van der Waals surface area contributed by atoms with Crippen LogP contribution in [0.2, 0.25) is 0 Å². The molecular formula is C34H30N4O2S. The Labute approximate surface area is 244 Å². The maximum absolute atomic E-state index is 13.8. The van der Waals surface area contributed by atoms with Gasteiger partial charge in [0.05, 0.1) is 17.9 Å². The van der Waals surface area contributed by atoms with Crippen molar-refractivity contribution in [3.63, 3.8) is 0 Å². The van der Waals surface area contributed by atoms with Gasteiger partial charge >= 0.3 is 0 Å². The Morgan fingerprint density at radius 1 is 0.927 bits per heavy atom. The first-order valence-electron chi connectivity index (χ1n) is 13.6. The first-order chi connectivity index (χ1) is 20.0. The second-order valence-electron chi connectivity index (χ2n) is 9.79. The highest BCUT2D eigenvalue weighted by Crippen LogP contribution is 2.32. The number of hydrogen-bond acceptors (Lipinski definition) is 5. The fourth-order valence-corrected chi connectivity index (χ4v) is 5.67. The lowest BCUT2D eigenvalue weighted by atomic mass is 9.93. The Morgan fingerprint density at radius 2 is 1.61 bits per heavy atom. The zero-order valence-corrected chi connectivity index (χ0v) is 23.9. The van der Waals surface area contributed by atoms with E-state index in [0.717, 1.165) is 33.9 Å². The van der Waals surface area contributed by atoms with Gasteiger partial charge in [-0.3, -0.25) is 14.5 Å². The van der Waals surface area contributed by atoms with Gasteiger partial charge in [-0.15, -0.1) is 11.8 Å². The zero-order chi connectivity index (χ0) is 28.8. The lowest BCUT2D eigenvalue weighted by Crippen LogP contribution is -2.42. The summed E-state index contributed by atoms with van der Waals surface area (Å²) in [5.74, 6) is 0.0620. The van der Waals surface area contributed by atoms with Crippen LogP contribution < -0.4 is 0 Å². The molecule has 204 valence electrons. The van der Waals surface area contributed by atoms with E-state index in [4.69, 9.17) is 5.10 Å². The van der Waals surface area contributed by atoms with E-state index in [1.807, 2.05) is 96.8 Å². The van der Waals surface area contributed by atoms with Crippen molar-refractivity contribution in [2.24, 2.45) is 0 Å². The molecule has 0 spiro atoms. The van der Waals surface area contributed by atoms with Crippen molar-refractivity contribution >= 4 is 29.7 Å². The molecule has 0 aliphatic carbocycles. The van der Waals surface area contributed by atoms with Crippen LogP contribution in [0.4, 0.5) is 0 Å². The quantitative estimate of drug-likeness (QED) is 0.0938. The summed E-state index contributed by atoms with van der Waals surface area (Å²) in [5, 5.41) is 14.8. The lowest BCUT2D eigenvalue weighted by Gasteiger charge is -2.27. The lowest BCUT2D eigenvalue weighted by molar-refractivity contribution is -0.141. The summed E-state index contributed by atoms with van der Waals surface area (Å²) in [6.45, 7) is 3.93. The number of nitrogens with zero attached hydrogens (tertiary/aromatic N) is 4. The molecule has 41 heavy (non-hydrogen) atoms. The number of hydrogen-bond donors (Lipinski definition) is 0. The van der Waals surface area contributed by atoms with Crippen molar-refractivity contribution in [3.05, 3.63) is 119 Å². The van der Waals surface area contributed by atoms with Crippen LogP contribution >= 0.6 is 11.8 Å². The van der Waals surface area contributed by atoms with Gasteiger partial charge in [0, 0.05) is 27.8 Å². The maximum Gasteiger partial charge on any atom is 0.271 e. The number of imide groups is 1. The van der Waals surface area contributed by atoms with Crippen molar-refractivity contribution in [2.45, 2.75) is 38.1 Å². The number of unbranched alkanes of at least 4 members (excludes halogenated alkanes) is 1. The molecule has 2 amide bonds. The number of carbonyl (C=O) groups is 2. The maximum atomic E-state index is 13.8. The summed E-state index contributed by atoms with van der Waals surface area (Å²) < 4.78 is 1.79. The largest absolute Gasteiger partial charge is 0.271 e. The normalized spacial score (nSPS) is 14.6. The minimum atomic E-state index is -0.577. The van der Waals surface area contributed by atoms with Crippen LogP contribution in [0.5, 0.6) is 0 Å². The van der Waals surface area contributed by atoms with Gasteiger partial charge in [0.2, 0.25) is 0 Å². The third-order valence-electron chi connectivity index (χ3n) is 6.97. The number of benzene rings is 3. The molecule has 3 aromatic carbocycles. The predicted octanol–water partition coefficient (Wildman–Crippen LogP) is 7.22. The monoisotopic (exact) mass is 558 g/mol. The Balaban J connectivity index is 1.59. The smallest absolute Gasteiger partial charge is 0.269 e. The van der Waals surface area contributed by atoms with Crippen molar-refractivity contribution in [2.75, 3.05) is 5.75 Å². The summed E-state index contributed by atoms with van der Waals surface area (Å²) in [6, 6.07) is 29.4. The van der Waals surface area contributed by atoms with Crippen molar-refractivity contribution in [1.82, 2.24) is 14.7 Å². The van der Waals surface area contributed by atoms with E-state index in [0.29, 0.717) is 22.4 Å². The van der Waals surface area contributed by atoms with Crippen LogP contribution in [0.25, 0.3) is 23.0 Å². The van der Waals surface area contributed by atoms with Crippen LogP contribution in [0, 0.1) is 11.3 Å². The molecule has 0 atom stereocenters. The molecule has 0 bridgehead atoms. The highest BCUT2D eigenvalue weighted by atomic mass is 32.2. The number of nitriles is 1. The molecule has 0 saturated carbocycles. The third-order valence-corrected chi connectivity index (χ3v) is 8.06. The topological polar surface area (TPSA) is 79.0 Å². The van der Waals surface area contributed by atoms with Gasteiger partial charge in [-0.2, -0.15) is 10.4 Å². The molecule has 1 aliphatic heterocycles. The molecule has 1 aliphatic rings. The number of amides is 2. The van der Waals surface area contributed by atoms with Crippen molar-refractivity contribution < 1.29 is 9.59 Å². The number of rotatable bonds is 9.